The van der Waals surface area contributed by atoms with Crippen molar-refractivity contribution >= 4 is 12.0 Å². The molecular weight excluding hydrogens is 142 g/mol. The summed E-state index contributed by atoms with van der Waals surface area (Å²) in [5.74, 6) is 0.514. The van der Waals surface area contributed by atoms with Crippen LogP contribution in [0.25, 0.3) is 0 Å². The number of nitrogens with two attached hydrogens (primary N) is 1. The topological polar surface area (TPSA) is 52.3 Å². The molecule has 0 saturated carbocycles. The number of hydrogen-bond donors (Lipinski definition) is 1. The molecule has 11 heavy (non-hydrogen) atoms. The Morgan fingerprint density at radius 2 is 2.27 bits per heavy atom. The molecule has 1 rings (SSSR count). The van der Waals surface area contributed by atoms with E-state index in [0.29, 0.717) is 17.0 Å². The van der Waals surface area contributed by atoms with E-state index in [4.69, 9.17) is 10.5 Å². The summed E-state index contributed by atoms with van der Waals surface area (Å²) in [6, 6.07) is 4.90. The van der Waals surface area contributed by atoms with Gasteiger partial charge in [-0.1, -0.05) is 0 Å². The third-order valence-corrected chi connectivity index (χ3v) is 1.38. The van der Waals surface area contributed by atoms with Crippen molar-refractivity contribution in [3.05, 3.63) is 23.8 Å². The monoisotopic (exact) mass is 151 g/mol. The number of ether oxygens (including phenoxy) is 1. The van der Waals surface area contributed by atoms with Gasteiger partial charge < -0.3 is 10.5 Å². The van der Waals surface area contributed by atoms with Gasteiger partial charge in [0.05, 0.1) is 12.7 Å². The van der Waals surface area contributed by atoms with E-state index in [1.54, 1.807) is 18.2 Å². The zero-order chi connectivity index (χ0) is 8.27. The van der Waals surface area contributed by atoms with Crippen molar-refractivity contribution < 1.29 is 9.53 Å². The summed E-state index contributed by atoms with van der Waals surface area (Å²) in [5, 5.41) is 0. The third kappa shape index (κ3) is 1.49. The maximum Gasteiger partial charge on any atom is 0.153 e. The van der Waals surface area contributed by atoms with E-state index in [-0.39, 0.29) is 0 Å². The van der Waals surface area contributed by atoms with Crippen molar-refractivity contribution in [2.24, 2.45) is 0 Å². The van der Waals surface area contributed by atoms with Crippen LogP contribution in [0, 0.1) is 0 Å². The lowest BCUT2D eigenvalue weighted by Gasteiger charge is -2.02. The molecule has 2 N–H and O–H groups in total. The van der Waals surface area contributed by atoms with Crippen LogP contribution in [-0.2, 0) is 0 Å². The molecule has 1 aromatic rings. The average Bonchev–Trinajstić information content (AvgIpc) is 2.04. The van der Waals surface area contributed by atoms with Gasteiger partial charge in [0, 0.05) is 11.8 Å². The van der Waals surface area contributed by atoms with E-state index < -0.39 is 0 Å². The fourth-order valence-corrected chi connectivity index (χ4v) is 0.825. The smallest absolute Gasteiger partial charge is 0.153 e. The molecule has 0 spiro atoms. The van der Waals surface area contributed by atoms with Gasteiger partial charge in [-0.3, -0.25) is 4.79 Å². The highest BCUT2D eigenvalue weighted by molar-refractivity contribution is 5.80. The number of carbonyl (C=O) groups is 1. The molecule has 0 radical (unpaired) electrons. The van der Waals surface area contributed by atoms with E-state index in [1.807, 2.05) is 0 Å². The number of anilines is 1. The molecule has 0 aliphatic rings. The van der Waals surface area contributed by atoms with Gasteiger partial charge in [-0.2, -0.15) is 0 Å². The number of aldehydes is 1. The zero-order valence-corrected chi connectivity index (χ0v) is 6.20. The van der Waals surface area contributed by atoms with Crippen molar-refractivity contribution in [1.82, 2.24) is 0 Å². The Hall–Kier alpha value is -1.51. The van der Waals surface area contributed by atoms with Crippen LogP contribution >= 0.6 is 0 Å². The van der Waals surface area contributed by atoms with Crippen molar-refractivity contribution in [2.75, 3.05) is 12.8 Å². The maximum atomic E-state index is 10.4. The van der Waals surface area contributed by atoms with Gasteiger partial charge in [-0.05, 0) is 12.1 Å². The number of carbonyl (C=O) groups excluding carboxylic acids is 1. The lowest BCUT2D eigenvalue weighted by molar-refractivity contribution is 0.112. The largest absolute Gasteiger partial charge is 0.496 e. The molecule has 0 amide bonds. The Kier molecular flexibility index (Phi) is 2.11. The molecule has 0 fully saturated rings. The highest BCUT2D eigenvalue weighted by atomic mass is 16.5. The minimum Gasteiger partial charge on any atom is -0.496 e. The second kappa shape index (κ2) is 3.05. The van der Waals surface area contributed by atoms with Crippen LogP contribution in [0.3, 0.4) is 0 Å². The first-order valence-electron chi connectivity index (χ1n) is 3.16. The molecule has 0 aliphatic heterocycles. The number of nitrogen functional groups attached to an aromatic ring is 1. The van der Waals surface area contributed by atoms with E-state index in [0.717, 1.165) is 6.29 Å². The minimum absolute atomic E-state index is 0.514. The van der Waals surface area contributed by atoms with Crippen LogP contribution in [0.5, 0.6) is 5.75 Å². The standard InChI is InChI=1S/C8H9NO2/c1-11-8-4-7(9)3-2-6(8)5-10/h2-5H,9H2,1H3. The molecule has 3 heteroatoms. The Morgan fingerprint density at radius 3 is 2.82 bits per heavy atom. The SMILES string of the molecule is COc1cc(N)ccc1C=O. The second-order valence-electron chi connectivity index (χ2n) is 2.12. The third-order valence-electron chi connectivity index (χ3n) is 1.38. The van der Waals surface area contributed by atoms with Crippen LogP contribution in [0.15, 0.2) is 18.2 Å². The molecular formula is C8H9NO2. The molecule has 3 nitrogen and oxygen atoms in total. The number of hydrogen-bond acceptors (Lipinski definition) is 3. The van der Waals surface area contributed by atoms with Gasteiger partial charge in [0.25, 0.3) is 0 Å². The summed E-state index contributed by atoms with van der Waals surface area (Å²) in [4.78, 5) is 10.4. The predicted octanol–water partition coefficient (Wildman–Crippen LogP) is 1.09. The Bertz CT molecular complexity index is 271. The van der Waals surface area contributed by atoms with Crippen molar-refractivity contribution in [1.29, 1.82) is 0 Å². The molecule has 0 saturated heterocycles. The lowest BCUT2D eigenvalue weighted by atomic mass is 10.2. The van der Waals surface area contributed by atoms with Crippen molar-refractivity contribution in [3.63, 3.8) is 0 Å². The fraction of sp³-hybridized carbons (Fsp3) is 0.125. The fourth-order valence-electron chi connectivity index (χ4n) is 0.825. The van der Waals surface area contributed by atoms with Crippen molar-refractivity contribution in [2.45, 2.75) is 0 Å². The first kappa shape index (κ1) is 7.60. The maximum absolute atomic E-state index is 10.4. The van der Waals surface area contributed by atoms with Crippen LogP contribution in [0.1, 0.15) is 10.4 Å². The molecule has 0 atom stereocenters. The van der Waals surface area contributed by atoms with Crippen LogP contribution in [0.4, 0.5) is 5.69 Å². The van der Waals surface area contributed by atoms with Gasteiger partial charge in [-0.25, -0.2) is 0 Å². The highest BCUT2D eigenvalue weighted by Crippen LogP contribution is 2.18. The quantitative estimate of drug-likeness (QED) is 0.508. The van der Waals surface area contributed by atoms with E-state index >= 15 is 0 Å². The zero-order valence-electron chi connectivity index (χ0n) is 6.20. The van der Waals surface area contributed by atoms with Crippen LogP contribution < -0.4 is 10.5 Å². The summed E-state index contributed by atoms with van der Waals surface area (Å²) in [6.07, 6.45) is 0.734. The van der Waals surface area contributed by atoms with E-state index in [1.165, 1.54) is 7.11 Å². The molecule has 0 heterocycles. The van der Waals surface area contributed by atoms with Crippen LogP contribution in [-0.4, -0.2) is 13.4 Å². The summed E-state index contributed by atoms with van der Waals surface area (Å²) in [6.45, 7) is 0. The number of rotatable bonds is 2. The van der Waals surface area contributed by atoms with Crippen molar-refractivity contribution in [3.8, 4) is 5.75 Å². The molecule has 1 aromatic carbocycles. The van der Waals surface area contributed by atoms with E-state index in [9.17, 15) is 4.79 Å². The highest BCUT2D eigenvalue weighted by Gasteiger charge is 1.99. The van der Waals surface area contributed by atoms with Gasteiger partial charge in [0.1, 0.15) is 5.75 Å². The first-order valence-corrected chi connectivity index (χ1v) is 3.16. The Labute approximate surface area is 64.8 Å². The predicted molar refractivity (Wildman–Crippen MR) is 42.8 cm³/mol. The second-order valence-corrected chi connectivity index (χ2v) is 2.12. The summed E-state index contributed by atoms with van der Waals surface area (Å²) >= 11 is 0. The summed E-state index contributed by atoms with van der Waals surface area (Å²) in [5.41, 5.74) is 6.57. The van der Waals surface area contributed by atoms with Gasteiger partial charge in [-0.15, -0.1) is 0 Å². The molecule has 0 aliphatic carbocycles. The Morgan fingerprint density at radius 1 is 1.55 bits per heavy atom. The van der Waals surface area contributed by atoms with Gasteiger partial charge >= 0.3 is 0 Å². The van der Waals surface area contributed by atoms with E-state index in [2.05, 4.69) is 0 Å². The summed E-state index contributed by atoms with van der Waals surface area (Å²) < 4.78 is 4.91. The molecule has 0 unspecified atom stereocenters. The van der Waals surface area contributed by atoms with Gasteiger partial charge in [0.15, 0.2) is 6.29 Å². The van der Waals surface area contributed by atoms with Crippen LogP contribution in [0.2, 0.25) is 0 Å². The average molecular weight is 151 g/mol. The number of methoxy groups -OCH3 is 1. The summed E-state index contributed by atoms with van der Waals surface area (Å²) in [7, 11) is 1.50. The minimum atomic E-state index is 0.514. The lowest BCUT2D eigenvalue weighted by Crippen LogP contribution is -1.92. The molecule has 0 bridgehead atoms. The molecule has 58 valence electrons. The number of benzene rings is 1. The Balaban J connectivity index is 3.16. The molecule has 0 aromatic heterocycles. The van der Waals surface area contributed by atoms with Gasteiger partial charge in [0.2, 0.25) is 0 Å². The normalized spacial score (nSPS) is 9.18. The first-order chi connectivity index (χ1) is 5.27.